The molecular formula is C21H18Cl2N2O2. The molecule has 0 aliphatic rings. The van der Waals surface area contributed by atoms with Gasteiger partial charge in [-0.25, -0.2) is 0 Å². The van der Waals surface area contributed by atoms with Crippen molar-refractivity contribution in [3.05, 3.63) is 87.9 Å². The van der Waals surface area contributed by atoms with Crippen LogP contribution in [0.4, 0.5) is 5.69 Å². The van der Waals surface area contributed by atoms with Gasteiger partial charge in [0.1, 0.15) is 6.61 Å². The zero-order chi connectivity index (χ0) is 19.1. The Hall–Kier alpha value is -2.69. The number of rotatable bonds is 7. The van der Waals surface area contributed by atoms with Crippen molar-refractivity contribution in [1.29, 1.82) is 0 Å². The van der Waals surface area contributed by atoms with Crippen LogP contribution in [0.2, 0.25) is 10.0 Å². The van der Waals surface area contributed by atoms with Crippen LogP contribution in [0.15, 0.2) is 71.8 Å². The molecule has 0 amide bonds. The molecule has 6 heteroatoms. The summed E-state index contributed by atoms with van der Waals surface area (Å²) in [6, 6.07) is 20.6. The Morgan fingerprint density at radius 1 is 1.00 bits per heavy atom. The van der Waals surface area contributed by atoms with Crippen LogP contribution in [0, 0.1) is 0 Å². The molecule has 0 spiro atoms. The topological polar surface area (TPSA) is 42.8 Å². The van der Waals surface area contributed by atoms with E-state index in [-0.39, 0.29) is 6.61 Å². The van der Waals surface area contributed by atoms with Gasteiger partial charge in [0, 0.05) is 21.2 Å². The van der Waals surface area contributed by atoms with Gasteiger partial charge in [0.05, 0.1) is 19.0 Å². The second kappa shape index (κ2) is 9.31. The van der Waals surface area contributed by atoms with E-state index < -0.39 is 0 Å². The van der Waals surface area contributed by atoms with Crippen LogP contribution < -0.4 is 14.9 Å². The molecule has 1 N–H and O–H groups in total. The largest absolute Gasteiger partial charge is 0.493 e. The quantitative estimate of drug-likeness (QED) is 0.389. The summed E-state index contributed by atoms with van der Waals surface area (Å²) in [5.74, 6) is 1.20. The molecule has 138 valence electrons. The standard InChI is InChI=1S/C21H18Cl2N2O2/c1-26-20-9-5-6-15(13-24-25-18-7-3-2-4-8-18)21(20)27-14-16-10-11-17(22)12-19(16)23/h2-13,25H,14H2,1H3. The molecule has 0 saturated carbocycles. The van der Waals surface area contributed by atoms with Crippen molar-refractivity contribution in [2.45, 2.75) is 6.61 Å². The maximum Gasteiger partial charge on any atom is 0.170 e. The number of nitrogens with zero attached hydrogens (tertiary/aromatic N) is 1. The average Bonchev–Trinajstić information content (AvgIpc) is 2.68. The molecule has 4 nitrogen and oxygen atoms in total. The lowest BCUT2D eigenvalue weighted by molar-refractivity contribution is 0.284. The molecule has 0 aliphatic carbocycles. The summed E-state index contributed by atoms with van der Waals surface area (Å²) in [5.41, 5.74) is 5.49. The molecule has 0 bridgehead atoms. The number of hydrogen-bond acceptors (Lipinski definition) is 4. The number of ether oxygens (including phenoxy) is 2. The third-order valence-corrected chi connectivity index (χ3v) is 4.37. The summed E-state index contributed by atoms with van der Waals surface area (Å²) in [5, 5.41) is 5.42. The van der Waals surface area contributed by atoms with Gasteiger partial charge >= 0.3 is 0 Å². The highest BCUT2D eigenvalue weighted by molar-refractivity contribution is 6.35. The van der Waals surface area contributed by atoms with E-state index in [0.717, 1.165) is 16.8 Å². The third-order valence-electron chi connectivity index (χ3n) is 3.79. The number of anilines is 1. The van der Waals surface area contributed by atoms with Gasteiger partial charge in [-0.15, -0.1) is 0 Å². The Labute approximate surface area is 168 Å². The van der Waals surface area contributed by atoms with Gasteiger partial charge < -0.3 is 9.47 Å². The molecule has 0 atom stereocenters. The molecule has 3 aromatic carbocycles. The number of benzene rings is 3. The van der Waals surface area contributed by atoms with Crippen LogP contribution in [0.25, 0.3) is 0 Å². The van der Waals surface area contributed by atoms with E-state index in [1.54, 1.807) is 25.5 Å². The Morgan fingerprint density at radius 2 is 1.81 bits per heavy atom. The number of methoxy groups -OCH3 is 1. The summed E-state index contributed by atoms with van der Waals surface area (Å²) >= 11 is 12.2. The van der Waals surface area contributed by atoms with Crippen molar-refractivity contribution in [1.82, 2.24) is 0 Å². The molecule has 0 radical (unpaired) electrons. The molecule has 0 heterocycles. The van der Waals surface area contributed by atoms with E-state index in [1.807, 2.05) is 54.6 Å². The van der Waals surface area contributed by atoms with Crippen LogP contribution >= 0.6 is 23.2 Å². The molecule has 3 rings (SSSR count). The van der Waals surface area contributed by atoms with Crippen molar-refractivity contribution in [3.63, 3.8) is 0 Å². The van der Waals surface area contributed by atoms with Crippen LogP contribution in [-0.4, -0.2) is 13.3 Å². The van der Waals surface area contributed by atoms with E-state index in [2.05, 4.69) is 10.5 Å². The molecule has 0 unspecified atom stereocenters. The van der Waals surface area contributed by atoms with Gasteiger partial charge in [0.25, 0.3) is 0 Å². The second-order valence-electron chi connectivity index (χ2n) is 5.64. The van der Waals surface area contributed by atoms with Crippen molar-refractivity contribution >= 4 is 35.1 Å². The lowest BCUT2D eigenvalue weighted by Gasteiger charge is -2.14. The first-order chi connectivity index (χ1) is 13.2. The summed E-state index contributed by atoms with van der Waals surface area (Å²) in [6.45, 7) is 0.281. The smallest absolute Gasteiger partial charge is 0.170 e. The Kier molecular flexibility index (Phi) is 6.58. The van der Waals surface area contributed by atoms with Gasteiger partial charge in [-0.3, -0.25) is 5.43 Å². The molecule has 0 aromatic heterocycles. The summed E-state index contributed by atoms with van der Waals surface area (Å²) in [7, 11) is 1.60. The Balaban J connectivity index is 1.78. The molecule has 3 aromatic rings. The van der Waals surface area contributed by atoms with Crippen molar-refractivity contribution in [2.75, 3.05) is 12.5 Å². The van der Waals surface area contributed by atoms with Gasteiger partial charge in [0.2, 0.25) is 0 Å². The zero-order valence-corrected chi connectivity index (χ0v) is 16.2. The van der Waals surface area contributed by atoms with Gasteiger partial charge in [-0.05, 0) is 36.4 Å². The summed E-state index contributed by atoms with van der Waals surface area (Å²) in [6.07, 6.45) is 1.69. The molecule has 0 saturated heterocycles. The third kappa shape index (κ3) is 5.16. The second-order valence-corrected chi connectivity index (χ2v) is 6.48. The number of hydrogen-bond donors (Lipinski definition) is 1. The molecule has 27 heavy (non-hydrogen) atoms. The monoisotopic (exact) mass is 400 g/mol. The maximum atomic E-state index is 6.23. The number of para-hydroxylation sites is 2. The predicted molar refractivity (Wildman–Crippen MR) is 111 cm³/mol. The fourth-order valence-corrected chi connectivity index (χ4v) is 2.89. The van der Waals surface area contributed by atoms with Crippen LogP contribution in [0.1, 0.15) is 11.1 Å². The number of halogens is 2. The molecule has 0 aliphatic heterocycles. The van der Waals surface area contributed by atoms with Crippen molar-refractivity contribution in [2.24, 2.45) is 5.10 Å². The fraction of sp³-hybridized carbons (Fsp3) is 0.0952. The van der Waals surface area contributed by atoms with Crippen LogP contribution in [-0.2, 0) is 6.61 Å². The molecular weight excluding hydrogens is 383 g/mol. The van der Waals surface area contributed by atoms with E-state index >= 15 is 0 Å². The minimum atomic E-state index is 0.281. The van der Waals surface area contributed by atoms with E-state index in [0.29, 0.717) is 21.5 Å². The van der Waals surface area contributed by atoms with E-state index in [9.17, 15) is 0 Å². The van der Waals surface area contributed by atoms with Crippen LogP contribution in [0.3, 0.4) is 0 Å². The average molecular weight is 401 g/mol. The highest BCUT2D eigenvalue weighted by atomic mass is 35.5. The summed E-state index contributed by atoms with van der Waals surface area (Å²) < 4.78 is 11.4. The van der Waals surface area contributed by atoms with Crippen molar-refractivity contribution < 1.29 is 9.47 Å². The first-order valence-corrected chi connectivity index (χ1v) is 9.01. The van der Waals surface area contributed by atoms with Gasteiger partial charge in [-0.2, -0.15) is 5.10 Å². The first kappa shape index (κ1) is 19.1. The maximum absolute atomic E-state index is 6.23. The molecule has 0 fully saturated rings. The lowest BCUT2D eigenvalue weighted by Crippen LogP contribution is -2.02. The van der Waals surface area contributed by atoms with E-state index in [1.165, 1.54) is 0 Å². The first-order valence-electron chi connectivity index (χ1n) is 8.25. The zero-order valence-electron chi connectivity index (χ0n) is 14.7. The normalized spacial score (nSPS) is 10.8. The highest BCUT2D eigenvalue weighted by Crippen LogP contribution is 2.32. The minimum absolute atomic E-state index is 0.281. The van der Waals surface area contributed by atoms with Crippen LogP contribution in [0.5, 0.6) is 11.5 Å². The number of nitrogens with one attached hydrogen (secondary N) is 1. The summed E-state index contributed by atoms with van der Waals surface area (Å²) in [4.78, 5) is 0. The van der Waals surface area contributed by atoms with Gasteiger partial charge in [0.15, 0.2) is 11.5 Å². The predicted octanol–water partition coefficient (Wildman–Crippen LogP) is 6.03. The number of hydrazone groups is 1. The SMILES string of the molecule is COc1cccc(C=NNc2ccccc2)c1OCc1ccc(Cl)cc1Cl. The van der Waals surface area contributed by atoms with E-state index in [4.69, 9.17) is 32.7 Å². The van der Waals surface area contributed by atoms with Crippen molar-refractivity contribution in [3.8, 4) is 11.5 Å². The Bertz CT molecular complexity index is 931. The highest BCUT2D eigenvalue weighted by Gasteiger charge is 2.11. The fourth-order valence-electron chi connectivity index (χ4n) is 2.43. The lowest BCUT2D eigenvalue weighted by atomic mass is 10.2. The Morgan fingerprint density at radius 3 is 2.56 bits per heavy atom. The van der Waals surface area contributed by atoms with Gasteiger partial charge in [-0.1, -0.05) is 53.5 Å². The minimum Gasteiger partial charge on any atom is -0.493 e.